The standard InChI is InChI=1S/C13H8BrCl2NO3/c14-7-8-2-1-3-10(15)13(8)20-9-4-5-12(17(18)19)11(16)6-9/h1-6H,7H2. The van der Waals surface area contributed by atoms with Crippen LogP contribution in [0.5, 0.6) is 11.5 Å². The minimum absolute atomic E-state index is 0.0138. The van der Waals surface area contributed by atoms with E-state index in [-0.39, 0.29) is 10.7 Å². The highest BCUT2D eigenvalue weighted by molar-refractivity contribution is 9.08. The molecule has 2 rings (SSSR count). The van der Waals surface area contributed by atoms with Crippen LogP contribution in [0.1, 0.15) is 5.56 Å². The Morgan fingerprint density at radius 2 is 1.95 bits per heavy atom. The van der Waals surface area contributed by atoms with Crippen molar-refractivity contribution in [3.05, 3.63) is 62.1 Å². The summed E-state index contributed by atoms with van der Waals surface area (Å²) in [5, 5.41) is 11.7. The van der Waals surface area contributed by atoms with Crippen molar-refractivity contribution in [3.63, 3.8) is 0 Å². The SMILES string of the molecule is O=[N+]([O-])c1ccc(Oc2c(Cl)cccc2CBr)cc1Cl. The molecule has 0 spiro atoms. The molecule has 0 aliphatic carbocycles. The molecule has 0 saturated carbocycles. The Kier molecular flexibility index (Phi) is 4.86. The van der Waals surface area contributed by atoms with Gasteiger partial charge in [-0.1, -0.05) is 51.3 Å². The fraction of sp³-hybridized carbons (Fsp3) is 0.0769. The van der Waals surface area contributed by atoms with Crippen LogP contribution < -0.4 is 4.74 Å². The molecule has 0 bridgehead atoms. The third kappa shape index (κ3) is 3.23. The smallest absolute Gasteiger partial charge is 0.288 e. The number of nitro groups is 1. The zero-order valence-electron chi connectivity index (χ0n) is 9.98. The summed E-state index contributed by atoms with van der Waals surface area (Å²) >= 11 is 15.3. The van der Waals surface area contributed by atoms with Gasteiger partial charge in [0.1, 0.15) is 16.5 Å². The Morgan fingerprint density at radius 3 is 2.55 bits per heavy atom. The molecule has 7 heteroatoms. The number of alkyl halides is 1. The average molecular weight is 377 g/mol. The number of ether oxygens (including phenoxy) is 1. The van der Waals surface area contributed by atoms with E-state index in [1.165, 1.54) is 18.2 Å². The number of hydrogen-bond donors (Lipinski definition) is 0. The number of hydrogen-bond acceptors (Lipinski definition) is 3. The van der Waals surface area contributed by atoms with Crippen LogP contribution in [0.15, 0.2) is 36.4 Å². The first-order chi connectivity index (χ1) is 9.52. The van der Waals surface area contributed by atoms with E-state index in [9.17, 15) is 10.1 Å². The molecule has 0 amide bonds. The molecule has 0 radical (unpaired) electrons. The number of benzene rings is 2. The molecule has 104 valence electrons. The van der Waals surface area contributed by atoms with Gasteiger partial charge in [-0.3, -0.25) is 10.1 Å². The van der Waals surface area contributed by atoms with Gasteiger partial charge in [-0.2, -0.15) is 0 Å². The Hall–Kier alpha value is -1.30. The number of nitro benzene ring substituents is 1. The summed E-state index contributed by atoms with van der Waals surface area (Å²) in [6.45, 7) is 0. The van der Waals surface area contributed by atoms with Crippen LogP contribution in [-0.2, 0) is 5.33 Å². The van der Waals surface area contributed by atoms with Crippen LogP contribution >= 0.6 is 39.1 Å². The lowest BCUT2D eigenvalue weighted by Crippen LogP contribution is -1.93. The fourth-order valence-electron chi connectivity index (χ4n) is 1.59. The van der Waals surface area contributed by atoms with Crippen LogP contribution in [0, 0.1) is 10.1 Å². The molecule has 20 heavy (non-hydrogen) atoms. The van der Waals surface area contributed by atoms with Gasteiger partial charge in [0.25, 0.3) is 5.69 Å². The summed E-state index contributed by atoms with van der Waals surface area (Å²) in [6.07, 6.45) is 0. The number of para-hydroxylation sites is 1. The lowest BCUT2D eigenvalue weighted by Gasteiger charge is -2.11. The Bertz CT molecular complexity index is 664. The minimum Gasteiger partial charge on any atom is -0.455 e. The largest absolute Gasteiger partial charge is 0.455 e. The summed E-state index contributed by atoms with van der Waals surface area (Å²) in [5.74, 6) is 0.881. The van der Waals surface area contributed by atoms with Crippen molar-refractivity contribution in [2.24, 2.45) is 0 Å². The molecular formula is C13H8BrCl2NO3. The van der Waals surface area contributed by atoms with Gasteiger partial charge >= 0.3 is 0 Å². The monoisotopic (exact) mass is 375 g/mol. The Morgan fingerprint density at radius 1 is 1.20 bits per heavy atom. The highest BCUT2D eigenvalue weighted by Crippen LogP contribution is 2.36. The van der Waals surface area contributed by atoms with Gasteiger partial charge in [-0.25, -0.2) is 0 Å². The fourth-order valence-corrected chi connectivity index (χ4v) is 2.50. The predicted octanol–water partition coefficient (Wildman–Crippen LogP) is 5.59. The van der Waals surface area contributed by atoms with Gasteiger partial charge in [-0.05, 0) is 12.1 Å². The summed E-state index contributed by atoms with van der Waals surface area (Å²) < 4.78 is 5.68. The lowest BCUT2D eigenvalue weighted by molar-refractivity contribution is -0.384. The maximum absolute atomic E-state index is 10.7. The van der Waals surface area contributed by atoms with Gasteiger partial charge in [0.2, 0.25) is 0 Å². The summed E-state index contributed by atoms with van der Waals surface area (Å²) in [7, 11) is 0. The lowest BCUT2D eigenvalue weighted by atomic mass is 10.2. The molecule has 0 N–H and O–H groups in total. The van der Waals surface area contributed by atoms with Gasteiger partial charge in [0.05, 0.1) is 9.95 Å². The topological polar surface area (TPSA) is 52.4 Å². The molecule has 0 unspecified atom stereocenters. The second-order valence-corrected chi connectivity index (χ2v) is 5.21. The Balaban J connectivity index is 2.36. The van der Waals surface area contributed by atoms with E-state index in [1.807, 2.05) is 12.1 Å². The van der Waals surface area contributed by atoms with Crippen LogP contribution in [-0.4, -0.2) is 4.92 Å². The van der Waals surface area contributed by atoms with Gasteiger partial charge in [0.15, 0.2) is 0 Å². The van der Waals surface area contributed by atoms with Gasteiger partial charge in [-0.15, -0.1) is 0 Å². The van der Waals surface area contributed by atoms with E-state index in [4.69, 9.17) is 27.9 Å². The normalized spacial score (nSPS) is 10.3. The first-order valence-corrected chi connectivity index (χ1v) is 7.36. The zero-order chi connectivity index (χ0) is 14.7. The maximum Gasteiger partial charge on any atom is 0.288 e. The molecule has 0 aromatic heterocycles. The Labute approximate surface area is 133 Å². The van der Waals surface area contributed by atoms with Crippen LogP contribution in [0.2, 0.25) is 10.0 Å². The summed E-state index contributed by atoms with van der Waals surface area (Å²) in [4.78, 5) is 10.1. The molecule has 0 aliphatic rings. The highest BCUT2D eigenvalue weighted by Gasteiger charge is 2.14. The predicted molar refractivity (Wildman–Crippen MR) is 82.3 cm³/mol. The van der Waals surface area contributed by atoms with E-state index in [2.05, 4.69) is 15.9 Å². The van der Waals surface area contributed by atoms with Crippen molar-refractivity contribution in [2.45, 2.75) is 5.33 Å². The minimum atomic E-state index is -0.550. The van der Waals surface area contributed by atoms with Crippen molar-refractivity contribution >= 4 is 44.8 Å². The molecule has 0 atom stereocenters. The second-order valence-electron chi connectivity index (χ2n) is 3.83. The second kappa shape index (κ2) is 6.43. The first-order valence-electron chi connectivity index (χ1n) is 5.48. The molecule has 2 aromatic rings. The number of rotatable bonds is 4. The van der Waals surface area contributed by atoms with Crippen LogP contribution in [0.3, 0.4) is 0 Å². The first kappa shape index (κ1) is 15.1. The van der Waals surface area contributed by atoms with E-state index in [0.717, 1.165) is 5.56 Å². The van der Waals surface area contributed by atoms with Crippen LogP contribution in [0.25, 0.3) is 0 Å². The van der Waals surface area contributed by atoms with Gasteiger partial charge in [0, 0.05) is 23.0 Å². The maximum atomic E-state index is 10.7. The quantitative estimate of drug-likeness (QED) is 0.397. The molecular weight excluding hydrogens is 369 g/mol. The van der Waals surface area contributed by atoms with Gasteiger partial charge < -0.3 is 4.74 Å². The number of halogens is 3. The summed E-state index contributed by atoms with van der Waals surface area (Å²) in [5.41, 5.74) is 0.700. The van der Waals surface area contributed by atoms with Crippen LogP contribution in [0.4, 0.5) is 5.69 Å². The molecule has 0 fully saturated rings. The van der Waals surface area contributed by atoms with Crippen molar-refractivity contribution in [2.75, 3.05) is 0 Å². The summed E-state index contributed by atoms with van der Waals surface area (Å²) in [6, 6.07) is 9.54. The molecule has 0 aliphatic heterocycles. The van der Waals surface area contributed by atoms with Crippen molar-refractivity contribution < 1.29 is 9.66 Å². The van der Waals surface area contributed by atoms with Crippen molar-refractivity contribution in [1.29, 1.82) is 0 Å². The molecule has 0 heterocycles. The number of nitrogens with zero attached hydrogens (tertiary/aromatic N) is 1. The zero-order valence-corrected chi connectivity index (χ0v) is 13.1. The van der Waals surface area contributed by atoms with Crippen molar-refractivity contribution in [3.8, 4) is 11.5 Å². The molecule has 4 nitrogen and oxygen atoms in total. The third-order valence-electron chi connectivity index (χ3n) is 2.53. The van der Waals surface area contributed by atoms with E-state index in [1.54, 1.807) is 6.07 Å². The van der Waals surface area contributed by atoms with E-state index < -0.39 is 4.92 Å². The van der Waals surface area contributed by atoms with E-state index in [0.29, 0.717) is 21.9 Å². The molecule has 0 saturated heterocycles. The molecule has 2 aromatic carbocycles. The van der Waals surface area contributed by atoms with Crippen molar-refractivity contribution in [1.82, 2.24) is 0 Å². The third-order valence-corrected chi connectivity index (χ3v) is 3.73. The van der Waals surface area contributed by atoms with E-state index >= 15 is 0 Å². The highest BCUT2D eigenvalue weighted by atomic mass is 79.9. The average Bonchev–Trinajstić information content (AvgIpc) is 2.40.